The molecule has 1 aromatic carbocycles. The van der Waals surface area contributed by atoms with Crippen LogP contribution in [-0.2, 0) is 31.0 Å². The zero-order valence-electron chi connectivity index (χ0n) is 12.4. The number of esters is 1. The van der Waals surface area contributed by atoms with Crippen LogP contribution in [0.4, 0.5) is 5.69 Å². The van der Waals surface area contributed by atoms with Gasteiger partial charge in [-0.25, -0.2) is 9.44 Å². The molecule has 0 saturated carbocycles. The molecule has 22 heavy (non-hydrogen) atoms. The number of anilines is 1. The van der Waals surface area contributed by atoms with Crippen molar-refractivity contribution >= 4 is 27.8 Å². The summed E-state index contributed by atoms with van der Waals surface area (Å²) < 4.78 is 28.3. The van der Waals surface area contributed by atoms with E-state index in [1.165, 1.54) is 19.1 Å². The average molecular weight is 329 g/mol. The molecule has 0 heterocycles. The van der Waals surface area contributed by atoms with Crippen LogP contribution < -0.4 is 14.8 Å². The van der Waals surface area contributed by atoms with E-state index < -0.39 is 22.7 Å². The Hall–Kier alpha value is -2.13. The maximum atomic E-state index is 11.6. The fourth-order valence-electron chi connectivity index (χ4n) is 1.72. The Balaban J connectivity index is 2.84. The zero-order chi connectivity index (χ0) is 16.8. The molecule has 9 heteroatoms. The average Bonchev–Trinajstić information content (AvgIpc) is 2.44. The van der Waals surface area contributed by atoms with Crippen LogP contribution in [-0.4, -0.2) is 40.5 Å². The van der Waals surface area contributed by atoms with Crippen molar-refractivity contribution in [2.45, 2.75) is 13.3 Å². The third kappa shape index (κ3) is 5.70. The van der Waals surface area contributed by atoms with Gasteiger partial charge in [0.05, 0.1) is 12.8 Å². The number of ether oxygens (including phenoxy) is 1. The molecule has 0 aromatic heterocycles. The smallest absolute Gasteiger partial charge is 0.326 e. The first-order valence-corrected chi connectivity index (χ1v) is 7.95. The van der Waals surface area contributed by atoms with Gasteiger partial charge in [-0.1, -0.05) is 12.1 Å². The number of hydrogen-bond acceptors (Lipinski definition) is 5. The Labute approximate surface area is 129 Å². The van der Waals surface area contributed by atoms with Crippen LogP contribution in [0.2, 0.25) is 0 Å². The van der Waals surface area contributed by atoms with Crippen molar-refractivity contribution in [3.05, 3.63) is 29.8 Å². The van der Waals surface area contributed by atoms with Crippen molar-refractivity contribution in [1.29, 1.82) is 0 Å². The number of amides is 1. The molecule has 1 aromatic rings. The number of benzene rings is 1. The Kier molecular flexibility index (Phi) is 6.32. The van der Waals surface area contributed by atoms with Crippen molar-refractivity contribution in [2.75, 3.05) is 24.5 Å². The van der Waals surface area contributed by atoms with Gasteiger partial charge in [0.1, 0.15) is 6.54 Å². The molecule has 0 spiro atoms. The van der Waals surface area contributed by atoms with Crippen LogP contribution in [0.25, 0.3) is 0 Å². The normalized spacial score (nSPS) is 10.9. The van der Waals surface area contributed by atoms with Gasteiger partial charge in [0.25, 0.3) is 10.2 Å². The van der Waals surface area contributed by atoms with Gasteiger partial charge >= 0.3 is 5.97 Å². The van der Waals surface area contributed by atoms with Gasteiger partial charge in [-0.05, 0) is 24.1 Å². The molecule has 0 radical (unpaired) electrons. The maximum absolute atomic E-state index is 11.6. The summed E-state index contributed by atoms with van der Waals surface area (Å²) in [6.45, 7) is 1.41. The van der Waals surface area contributed by atoms with E-state index in [-0.39, 0.29) is 11.6 Å². The molecule has 0 fully saturated rings. The maximum Gasteiger partial charge on any atom is 0.326 e. The summed E-state index contributed by atoms with van der Waals surface area (Å²) in [7, 11) is -2.93. The molecule has 0 aliphatic heterocycles. The monoisotopic (exact) mass is 329 g/mol. The molecule has 0 saturated heterocycles. The lowest BCUT2D eigenvalue weighted by Crippen LogP contribution is -2.40. The summed E-state index contributed by atoms with van der Waals surface area (Å²) in [5.74, 6) is -0.834. The molecule has 0 bridgehead atoms. The van der Waals surface area contributed by atoms with Crippen molar-refractivity contribution < 1.29 is 22.7 Å². The number of hydrogen-bond donors (Lipinski definition) is 2. The van der Waals surface area contributed by atoms with Crippen molar-refractivity contribution in [2.24, 2.45) is 5.14 Å². The predicted octanol–water partition coefficient (Wildman–Crippen LogP) is -0.452. The van der Waals surface area contributed by atoms with Gasteiger partial charge in [-0.15, -0.1) is 0 Å². The predicted molar refractivity (Wildman–Crippen MR) is 81.3 cm³/mol. The van der Waals surface area contributed by atoms with Crippen LogP contribution in [0.5, 0.6) is 0 Å². The lowest BCUT2D eigenvalue weighted by atomic mass is 10.1. The van der Waals surface area contributed by atoms with Crippen molar-refractivity contribution in [3.63, 3.8) is 0 Å². The van der Waals surface area contributed by atoms with E-state index in [4.69, 9.17) is 5.14 Å². The summed E-state index contributed by atoms with van der Waals surface area (Å²) >= 11 is 0. The van der Waals surface area contributed by atoms with E-state index in [1.54, 1.807) is 12.1 Å². The minimum Gasteiger partial charge on any atom is -0.468 e. The molecule has 122 valence electrons. The topological polar surface area (TPSA) is 119 Å². The van der Waals surface area contributed by atoms with Gasteiger partial charge in [0.15, 0.2) is 0 Å². The highest BCUT2D eigenvalue weighted by Gasteiger charge is 2.21. The van der Waals surface area contributed by atoms with E-state index in [2.05, 4.69) is 10.1 Å². The van der Waals surface area contributed by atoms with Gasteiger partial charge in [-0.2, -0.15) is 8.42 Å². The van der Waals surface area contributed by atoms with E-state index in [9.17, 15) is 18.0 Å². The Morgan fingerprint density at radius 2 is 1.86 bits per heavy atom. The molecule has 1 rings (SSSR count). The molecule has 0 unspecified atom stereocenters. The van der Waals surface area contributed by atoms with Gasteiger partial charge in [0.2, 0.25) is 5.91 Å². The van der Waals surface area contributed by atoms with Crippen LogP contribution in [0, 0.1) is 0 Å². The molecule has 3 N–H and O–H groups in total. The zero-order valence-corrected chi connectivity index (χ0v) is 13.2. The first-order valence-electron chi connectivity index (χ1n) is 6.44. The van der Waals surface area contributed by atoms with E-state index in [0.717, 1.165) is 17.0 Å². The molecule has 1 amide bonds. The molecule has 0 aliphatic rings. The Bertz CT molecular complexity index is 628. The molecule has 8 nitrogen and oxygen atoms in total. The molecule has 0 aliphatic carbocycles. The number of nitrogens with two attached hydrogens (primary N) is 1. The lowest BCUT2D eigenvalue weighted by molar-refractivity contribution is -0.138. The second-order valence-corrected chi connectivity index (χ2v) is 6.00. The van der Waals surface area contributed by atoms with Crippen molar-refractivity contribution in [1.82, 2.24) is 5.32 Å². The van der Waals surface area contributed by atoms with E-state index in [1.807, 2.05) is 0 Å². The Morgan fingerprint density at radius 3 is 2.32 bits per heavy atom. The van der Waals surface area contributed by atoms with Crippen LogP contribution >= 0.6 is 0 Å². The van der Waals surface area contributed by atoms with Crippen molar-refractivity contribution in [3.8, 4) is 0 Å². The number of carbonyl (C=O) groups is 2. The summed E-state index contributed by atoms with van der Waals surface area (Å²) in [6, 6.07) is 6.48. The van der Waals surface area contributed by atoms with Crippen LogP contribution in [0.3, 0.4) is 0 Å². The number of rotatable bonds is 7. The molecular weight excluding hydrogens is 310 g/mol. The largest absolute Gasteiger partial charge is 0.468 e. The third-order valence-corrected chi connectivity index (χ3v) is 3.77. The summed E-state index contributed by atoms with van der Waals surface area (Å²) in [5, 5.41) is 7.77. The number of methoxy groups -OCH3 is 1. The number of nitrogens with zero attached hydrogens (tertiary/aromatic N) is 1. The highest BCUT2D eigenvalue weighted by molar-refractivity contribution is 7.90. The van der Waals surface area contributed by atoms with Crippen LogP contribution in [0.15, 0.2) is 24.3 Å². The SMILES string of the molecule is COC(=O)CN(c1ccc(CCNC(C)=O)cc1)S(N)(=O)=O. The quantitative estimate of drug-likeness (QED) is 0.657. The second kappa shape index (κ2) is 7.76. The third-order valence-electron chi connectivity index (χ3n) is 2.82. The molecule has 0 atom stereocenters. The van der Waals surface area contributed by atoms with E-state index >= 15 is 0 Å². The summed E-state index contributed by atoms with van der Waals surface area (Å²) in [5.41, 5.74) is 1.17. The number of nitrogens with one attached hydrogen (secondary N) is 1. The molecular formula is C13H19N3O5S. The minimum absolute atomic E-state index is 0.116. The Morgan fingerprint density at radius 1 is 1.27 bits per heavy atom. The van der Waals surface area contributed by atoms with Gasteiger partial charge in [0, 0.05) is 13.5 Å². The lowest BCUT2D eigenvalue weighted by Gasteiger charge is -2.20. The summed E-state index contributed by atoms with van der Waals surface area (Å²) in [6.07, 6.45) is 0.603. The summed E-state index contributed by atoms with van der Waals surface area (Å²) in [4.78, 5) is 22.1. The second-order valence-electron chi connectivity index (χ2n) is 4.53. The fraction of sp³-hybridized carbons (Fsp3) is 0.385. The van der Waals surface area contributed by atoms with Crippen LogP contribution in [0.1, 0.15) is 12.5 Å². The standard InChI is InChI=1S/C13H19N3O5S/c1-10(17)15-8-7-11-3-5-12(6-4-11)16(22(14,19)20)9-13(18)21-2/h3-6H,7-9H2,1-2H3,(H,15,17)(H2,14,19,20). The minimum atomic E-state index is -4.09. The van der Waals surface area contributed by atoms with Gasteiger partial charge < -0.3 is 10.1 Å². The first kappa shape index (κ1) is 17.9. The highest BCUT2D eigenvalue weighted by atomic mass is 32.2. The fourth-order valence-corrected chi connectivity index (χ4v) is 2.42. The first-order chi connectivity index (χ1) is 10.2. The van der Waals surface area contributed by atoms with E-state index in [0.29, 0.717) is 13.0 Å². The number of carbonyl (C=O) groups excluding carboxylic acids is 2. The van der Waals surface area contributed by atoms with Gasteiger partial charge in [-0.3, -0.25) is 9.59 Å². The highest BCUT2D eigenvalue weighted by Crippen LogP contribution is 2.17.